The van der Waals surface area contributed by atoms with Gasteiger partial charge in [0, 0.05) is 25.0 Å². The quantitative estimate of drug-likeness (QED) is 0.618. The number of nitrogens with one attached hydrogen (secondary N) is 1. The largest absolute Gasteiger partial charge is 0.358 e. The van der Waals surface area contributed by atoms with E-state index in [0.717, 1.165) is 35.6 Å². The summed E-state index contributed by atoms with van der Waals surface area (Å²) in [5, 5.41) is 4.99. The molecule has 0 bridgehead atoms. The Morgan fingerprint density at radius 2 is 1.83 bits per heavy atom. The molecule has 0 aromatic carbocycles. The number of aromatic nitrogens is 5. The SMILES string of the molecule is CC1CCC(n2nc(Cc3ccncc3)nc2-c2cc(CC3CCC3)c[nH]2)CC1. The van der Waals surface area contributed by atoms with E-state index in [9.17, 15) is 0 Å². The molecule has 0 amide bonds. The molecule has 0 saturated heterocycles. The first-order chi connectivity index (χ1) is 14.2. The second kappa shape index (κ2) is 8.13. The predicted octanol–water partition coefficient (Wildman–Crippen LogP) is 5.35. The Labute approximate surface area is 173 Å². The van der Waals surface area contributed by atoms with Crippen molar-refractivity contribution in [1.29, 1.82) is 0 Å². The van der Waals surface area contributed by atoms with Crippen molar-refractivity contribution in [3.8, 4) is 11.5 Å². The average molecular weight is 390 g/mol. The van der Waals surface area contributed by atoms with E-state index in [0.29, 0.717) is 6.04 Å². The van der Waals surface area contributed by atoms with Crippen LogP contribution in [0.2, 0.25) is 0 Å². The molecule has 5 nitrogen and oxygen atoms in total. The second-order valence-corrected chi connectivity index (χ2v) is 9.16. The highest BCUT2D eigenvalue weighted by atomic mass is 15.4. The highest BCUT2D eigenvalue weighted by molar-refractivity contribution is 5.52. The summed E-state index contributed by atoms with van der Waals surface area (Å²) >= 11 is 0. The lowest BCUT2D eigenvalue weighted by molar-refractivity contribution is 0.275. The molecule has 2 fully saturated rings. The van der Waals surface area contributed by atoms with Gasteiger partial charge >= 0.3 is 0 Å². The number of nitrogens with zero attached hydrogens (tertiary/aromatic N) is 4. The Hall–Kier alpha value is -2.43. The molecule has 2 aliphatic rings. The van der Waals surface area contributed by atoms with Crippen LogP contribution in [0.15, 0.2) is 36.8 Å². The molecule has 0 atom stereocenters. The molecule has 5 rings (SSSR count). The average Bonchev–Trinajstić information content (AvgIpc) is 3.33. The maximum absolute atomic E-state index is 5.00. The van der Waals surface area contributed by atoms with Gasteiger partial charge in [0.1, 0.15) is 0 Å². The van der Waals surface area contributed by atoms with Crippen molar-refractivity contribution in [3.05, 3.63) is 53.7 Å². The topological polar surface area (TPSA) is 59.4 Å². The molecular weight excluding hydrogens is 358 g/mol. The first-order valence-corrected chi connectivity index (χ1v) is 11.3. The lowest BCUT2D eigenvalue weighted by Crippen LogP contribution is -2.19. The molecule has 3 heterocycles. The predicted molar refractivity (Wildman–Crippen MR) is 115 cm³/mol. The van der Waals surface area contributed by atoms with E-state index in [1.165, 1.54) is 62.5 Å². The van der Waals surface area contributed by atoms with Crippen LogP contribution < -0.4 is 0 Å². The molecule has 2 saturated carbocycles. The molecule has 5 heteroatoms. The van der Waals surface area contributed by atoms with Gasteiger partial charge < -0.3 is 4.98 Å². The zero-order valence-corrected chi connectivity index (χ0v) is 17.3. The van der Waals surface area contributed by atoms with E-state index in [4.69, 9.17) is 10.1 Å². The Morgan fingerprint density at radius 3 is 2.55 bits per heavy atom. The highest BCUT2D eigenvalue weighted by Crippen LogP contribution is 2.35. The maximum Gasteiger partial charge on any atom is 0.175 e. The number of pyridine rings is 1. The molecule has 0 spiro atoms. The highest BCUT2D eigenvalue weighted by Gasteiger charge is 2.25. The van der Waals surface area contributed by atoms with E-state index >= 15 is 0 Å². The second-order valence-electron chi connectivity index (χ2n) is 9.16. The van der Waals surface area contributed by atoms with Gasteiger partial charge in [-0.2, -0.15) is 5.10 Å². The summed E-state index contributed by atoms with van der Waals surface area (Å²) in [7, 11) is 0. The summed E-state index contributed by atoms with van der Waals surface area (Å²) in [4.78, 5) is 12.6. The molecule has 0 aliphatic heterocycles. The standard InChI is InChI=1S/C24H31N5/c1-17-5-7-21(8-6-17)29-24(22-14-20(16-26-22)13-18-3-2-4-18)27-23(28-29)15-19-9-11-25-12-10-19/h9-12,14,16-18,21,26H,2-8,13,15H2,1H3. The number of hydrogen-bond acceptors (Lipinski definition) is 3. The Balaban J connectivity index is 1.43. The van der Waals surface area contributed by atoms with Crippen molar-refractivity contribution in [3.63, 3.8) is 0 Å². The molecule has 0 unspecified atom stereocenters. The van der Waals surface area contributed by atoms with Crippen LogP contribution in [0.25, 0.3) is 11.5 Å². The van der Waals surface area contributed by atoms with E-state index in [-0.39, 0.29) is 0 Å². The van der Waals surface area contributed by atoms with Gasteiger partial charge in [-0.1, -0.05) is 26.2 Å². The molecule has 3 aromatic rings. The summed E-state index contributed by atoms with van der Waals surface area (Å²) in [5.41, 5.74) is 3.73. The van der Waals surface area contributed by atoms with Crippen molar-refractivity contribution >= 4 is 0 Å². The lowest BCUT2D eigenvalue weighted by Gasteiger charge is -2.27. The fourth-order valence-electron chi connectivity index (χ4n) is 4.77. The van der Waals surface area contributed by atoms with E-state index in [1.54, 1.807) is 0 Å². The minimum Gasteiger partial charge on any atom is -0.358 e. The Bertz CT molecular complexity index is 929. The van der Waals surface area contributed by atoms with E-state index in [1.807, 2.05) is 24.5 Å². The molecule has 3 aromatic heterocycles. The summed E-state index contributed by atoms with van der Waals surface area (Å²) in [6, 6.07) is 6.86. The summed E-state index contributed by atoms with van der Waals surface area (Å²) in [6.45, 7) is 2.37. The van der Waals surface area contributed by atoms with Gasteiger partial charge in [-0.25, -0.2) is 9.67 Å². The molecule has 2 aliphatic carbocycles. The van der Waals surface area contributed by atoms with Crippen molar-refractivity contribution in [2.24, 2.45) is 11.8 Å². The number of H-pyrrole nitrogens is 1. The van der Waals surface area contributed by atoms with Crippen LogP contribution in [0.5, 0.6) is 0 Å². The van der Waals surface area contributed by atoms with Crippen LogP contribution in [-0.4, -0.2) is 24.7 Å². The lowest BCUT2D eigenvalue weighted by atomic mass is 9.81. The monoisotopic (exact) mass is 389 g/mol. The smallest absolute Gasteiger partial charge is 0.175 e. The third-order valence-corrected chi connectivity index (χ3v) is 6.85. The van der Waals surface area contributed by atoms with Crippen LogP contribution in [0.4, 0.5) is 0 Å². The Kier molecular flexibility index (Phi) is 5.21. The fraction of sp³-hybridized carbons (Fsp3) is 0.542. The zero-order chi connectivity index (χ0) is 19.6. The summed E-state index contributed by atoms with van der Waals surface area (Å²) in [6.07, 6.45) is 16.9. The van der Waals surface area contributed by atoms with Gasteiger partial charge in [-0.3, -0.25) is 4.98 Å². The number of rotatable bonds is 6. The van der Waals surface area contributed by atoms with Gasteiger partial charge in [-0.05, 0) is 73.3 Å². The molecule has 0 radical (unpaired) electrons. The number of hydrogen-bond donors (Lipinski definition) is 1. The third-order valence-electron chi connectivity index (χ3n) is 6.85. The zero-order valence-electron chi connectivity index (χ0n) is 17.3. The van der Waals surface area contributed by atoms with E-state index in [2.05, 4.69) is 33.8 Å². The Morgan fingerprint density at radius 1 is 1.03 bits per heavy atom. The van der Waals surface area contributed by atoms with Crippen molar-refractivity contribution in [2.75, 3.05) is 0 Å². The first-order valence-electron chi connectivity index (χ1n) is 11.3. The van der Waals surface area contributed by atoms with Crippen molar-refractivity contribution in [2.45, 2.75) is 70.8 Å². The van der Waals surface area contributed by atoms with Crippen LogP contribution in [-0.2, 0) is 12.8 Å². The summed E-state index contributed by atoms with van der Waals surface area (Å²) < 4.78 is 2.22. The first kappa shape index (κ1) is 18.6. The van der Waals surface area contributed by atoms with Crippen LogP contribution >= 0.6 is 0 Å². The normalized spacial score (nSPS) is 22.5. The fourth-order valence-corrected chi connectivity index (χ4v) is 4.77. The minimum absolute atomic E-state index is 0.457. The van der Waals surface area contributed by atoms with Crippen LogP contribution in [0, 0.1) is 11.8 Å². The van der Waals surface area contributed by atoms with Gasteiger partial charge in [0.05, 0.1) is 11.7 Å². The van der Waals surface area contributed by atoms with Crippen molar-refractivity contribution < 1.29 is 0 Å². The van der Waals surface area contributed by atoms with Crippen LogP contribution in [0.3, 0.4) is 0 Å². The van der Waals surface area contributed by atoms with Crippen LogP contribution in [0.1, 0.15) is 74.9 Å². The van der Waals surface area contributed by atoms with Gasteiger partial charge in [0.15, 0.2) is 11.6 Å². The minimum atomic E-state index is 0.457. The molecular formula is C24H31N5. The molecule has 152 valence electrons. The molecule has 29 heavy (non-hydrogen) atoms. The van der Waals surface area contributed by atoms with Crippen molar-refractivity contribution in [1.82, 2.24) is 24.7 Å². The summed E-state index contributed by atoms with van der Waals surface area (Å²) in [5.74, 6) is 3.61. The van der Waals surface area contributed by atoms with Gasteiger partial charge in [0.2, 0.25) is 0 Å². The van der Waals surface area contributed by atoms with E-state index < -0.39 is 0 Å². The molecule has 1 N–H and O–H groups in total. The third kappa shape index (κ3) is 4.14. The maximum atomic E-state index is 5.00. The number of aromatic amines is 1. The van der Waals surface area contributed by atoms with Gasteiger partial charge in [0.25, 0.3) is 0 Å². The van der Waals surface area contributed by atoms with Gasteiger partial charge in [-0.15, -0.1) is 0 Å².